The zero-order chi connectivity index (χ0) is 13.8. The van der Waals surface area contributed by atoms with E-state index >= 15 is 0 Å². The molecule has 7 heteroatoms. The third-order valence-electron chi connectivity index (χ3n) is 3.32. The van der Waals surface area contributed by atoms with E-state index in [-0.39, 0.29) is 5.95 Å². The Hall–Kier alpha value is -1.63. The van der Waals surface area contributed by atoms with Gasteiger partial charge in [0.05, 0.1) is 0 Å². The lowest BCUT2D eigenvalue weighted by molar-refractivity contribution is 0.346. The average Bonchev–Trinajstić information content (AvgIpc) is 2.88. The van der Waals surface area contributed by atoms with Gasteiger partial charge in [0.15, 0.2) is 0 Å². The van der Waals surface area contributed by atoms with Crippen LogP contribution in [-0.4, -0.2) is 67.2 Å². The number of hydrogen-bond donors (Lipinski definition) is 1. The molecule has 1 aliphatic heterocycles. The first-order valence-corrected chi connectivity index (χ1v) is 6.68. The normalized spacial score (nSPS) is 15.7. The monoisotopic (exact) mass is 265 g/mol. The SMILES string of the molecule is CN(C)c1nc(N)nc(N(C)CCN2CCCC2)n1. The van der Waals surface area contributed by atoms with Crippen LogP contribution in [0.2, 0.25) is 0 Å². The summed E-state index contributed by atoms with van der Waals surface area (Å²) in [7, 11) is 5.77. The van der Waals surface area contributed by atoms with E-state index in [1.165, 1.54) is 25.9 Å². The standard InChI is InChI=1S/C12H23N7/c1-17(2)11-14-10(13)15-12(16-11)18(3)8-9-19-6-4-5-7-19/h4-9H2,1-3H3,(H2,13,14,15,16). The number of rotatable bonds is 5. The molecule has 7 nitrogen and oxygen atoms in total. The molecular weight excluding hydrogens is 242 g/mol. The van der Waals surface area contributed by atoms with E-state index in [2.05, 4.69) is 19.9 Å². The van der Waals surface area contributed by atoms with Gasteiger partial charge in [-0.1, -0.05) is 0 Å². The smallest absolute Gasteiger partial charge is 0.231 e. The summed E-state index contributed by atoms with van der Waals surface area (Å²) in [6, 6.07) is 0. The van der Waals surface area contributed by atoms with Gasteiger partial charge >= 0.3 is 0 Å². The van der Waals surface area contributed by atoms with E-state index in [0.717, 1.165) is 13.1 Å². The number of likely N-dealkylation sites (N-methyl/N-ethyl adjacent to an activating group) is 1. The van der Waals surface area contributed by atoms with E-state index in [4.69, 9.17) is 5.73 Å². The first-order chi connectivity index (χ1) is 9.06. The van der Waals surface area contributed by atoms with Crippen LogP contribution in [0.15, 0.2) is 0 Å². The van der Waals surface area contributed by atoms with Gasteiger partial charge in [0.25, 0.3) is 0 Å². The molecule has 0 aromatic carbocycles. The van der Waals surface area contributed by atoms with Crippen molar-refractivity contribution in [2.45, 2.75) is 12.8 Å². The minimum absolute atomic E-state index is 0.265. The average molecular weight is 265 g/mol. The van der Waals surface area contributed by atoms with E-state index in [9.17, 15) is 0 Å². The third kappa shape index (κ3) is 3.66. The van der Waals surface area contributed by atoms with Crippen LogP contribution in [-0.2, 0) is 0 Å². The van der Waals surface area contributed by atoms with Crippen LogP contribution >= 0.6 is 0 Å². The van der Waals surface area contributed by atoms with Crippen LogP contribution in [0.4, 0.5) is 17.8 Å². The van der Waals surface area contributed by atoms with Crippen LogP contribution in [0.25, 0.3) is 0 Å². The van der Waals surface area contributed by atoms with Crippen LogP contribution < -0.4 is 15.5 Å². The number of likely N-dealkylation sites (tertiary alicyclic amines) is 1. The first kappa shape index (κ1) is 13.8. The number of anilines is 3. The predicted octanol–water partition coefficient (Wildman–Crippen LogP) is 0.0518. The molecule has 0 aliphatic carbocycles. The lowest BCUT2D eigenvalue weighted by Gasteiger charge is -2.22. The maximum Gasteiger partial charge on any atom is 0.231 e. The molecule has 0 saturated carbocycles. The Morgan fingerprint density at radius 1 is 1.05 bits per heavy atom. The van der Waals surface area contributed by atoms with Crippen molar-refractivity contribution < 1.29 is 0 Å². The van der Waals surface area contributed by atoms with Crippen molar-refractivity contribution in [3.8, 4) is 0 Å². The quantitative estimate of drug-likeness (QED) is 0.806. The lowest BCUT2D eigenvalue weighted by atomic mass is 10.4. The van der Waals surface area contributed by atoms with Gasteiger partial charge in [0, 0.05) is 34.2 Å². The Labute approximate surface area is 114 Å². The molecule has 19 heavy (non-hydrogen) atoms. The minimum Gasteiger partial charge on any atom is -0.368 e. The molecule has 1 saturated heterocycles. The second kappa shape index (κ2) is 6.01. The largest absolute Gasteiger partial charge is 0.368 e. The van der Waals surface area contributed by atoms with E-state index < -0.39 is 0 Å². The van der Waals surface area contributed by atoms with Crippen LogP contribution in [0.5, 0.6) is 0 Å². The molecule has 106 valence electrons. The summed E-state index contributed by atoms with van der Waals surface area (Å²) in [6.45, 7) is 4.35. The van der Waals surface area contributed by atoms with Gasteiger partial charge in [-0.05, 0) is 25.9 Å². The summed E-state index contributed by atoms with van der Waals surface area (Å²) >= 11 is 0. The molecule has 2 N–H and O–H groups in total. The van der Waals surface area contributed by atoms with E-state index in [0.29, 0.717) is 11.9 Å². The summed E-state index contributed by atoms with van der Waals surface area (Å²) in [5.74, 6) is 1.49. The van der Waals surface area contributed by atoms with Crippen molar-refractivity contribution in [1.82, 2.24) is 19.9 Å². The van der Waals surface area contributed by atoms with Crippen LogP contribution in [0.3, 0.4) is 0 Å². The Balaban J connectivity index is 1.99. The molecule has 1 aliphatic rings. The number of nitrogens with two attached hydrogens (primary N) is 1. The molecular formula is C12H23N7. The molecule has 2 heterocycles. The minimum atomic E-state index is 0.265. The Morgan fingerprint density at radius 2 is 1.68 bits per heavy atom. The number of aromatic nitrogens is 3. The van der Waals surface area contributed by atoms with Crippen LogP contribution in [0, 0.1) is 0 Å². The number of nitrogens with zero attached hydrogens (tertiary/aromatic N) is 6. The van der Waals surface area contributed by atoms with Crippen molar-refractivity contribution in [3.05, 3.63) is 0 Å². The van der Waals surface area contributed by atoms with Gasteiger partial charge in [-0.25, -0.2) is 0 Å². The van der Waals surface area contributed by atoms with E-state index in [1.807, 2.05) is 30.9 Å². The predicted molar refractivity (Wildman–Crippen MR) is 77.5 cm³/mol. The Kier molecular flexibility index (Phi) is 4.36. The second-order valence-corrected chi connectivity index (χ2v) is 5.16. The first-order valence-electron chi connectivity index (χ1n) is 6.68. The maximum atomic E-state index is 5.73. The fourth-order valence-electron chi connectivity index (χ4n) is 2.14. The molecule has 1 aromatic heterocycles. The van der Waals surface area contributed by atoms with Crippen molar-refractivity contribution in [2.24, 2.45) is 0 Å². The van der Waals surface area contributed by atoms with Crippen molar-refractivity contribution in [3.63, 3.8) is 0 Å². The van der Waals surface area contributed by atoms with Gasteiger partial charge < -0.3 is 20.4 Å². The molecule has 0 unspecified atom stereocenters. The third-order valence-corrected chi connectivity index (χ3v) is 3.32. The fraction of sp³-hybridized carbons (Fsp3) is 0.750. The summed E-state index contributed by atoms with van der Waals surface area (Å²) in [6.07, 6.45) is 2.63. The highest BCUT2D eigenvalue weighted by Gasteiger charge is 2.14. The Morgan fingerprint density at radius 3 is 2.32 bits per heavy atom. The fourth-order valence-corrected chi connectivity index (χ4v) is 2.14. The zero-order valence-corrected chi connectivity index (χ0v) is 12.0. The van der Waals surface area contributed by atoms with Crippen LogP contribution in [0.1, 0.15) is 12.8 Å². The highest BCUT2D eigenvalue weighted by atomic mass is 15.3. The van der Waals surface area contributed by atoms with Gasteiger partial charge in [-0.2, -0.15) is 15.0 Å². The van der Waals surface area contributed by atoms with Crippen molar-refractivity contribution >= 4 is 17.8 Å². The summed E-state index contributed by atoms with van der Waals surface area (Å²) in [5.41, 5.74) is 5.73. The topological polar surface area (TPSA) is 74.4 Å². The molecule has 0 radical (unpaired) electrons. The van der Waals surface area contributed by atoms with E-state index in [1.54, 1.807) is 0 Å². The molecule has 0 bridgehead atoms. The summed E-state index contributed by atoms with van der Waals surface area (Å²) in [5, 5.41) is 0. The highest BCUT2D eigenvalue weighted by Crippen LogP contribution is 2.13. The van der Waals surface area contributed by atoms with Crippen molar-refractivity contribution in [1.29, 1.82) is 0 Å². The maximum absolute atomic E-state index is 5.73. The van der Waals surface area contributed by atoms with Gasteiger partial charge in [-0.15, -0.1) is 0 Å². The number of hydrogen-bond acceptors (Lipinski definition) is 7. The summed E-state index contributed by atoms with van der Waals surface area (Å²) < 4.78 is 0. The molecule has 0 amide bonds. The molecule has 1 aromatic rings. The van der Waals surface area contributed by atoms with Crippen molar-refractivity contribution in [2.75, 3.05) is 62.9 Å². The van der Waals surface area contributed by atoms with Gasteiger partial charge in [0.2, 0.25) is 17.8 Å². The Bertz CT molecular complexity index is 415. The van der Waals surface area contributed by atoms with Gasteiger partial charge in [-0.3, -0.25) is 0 Å². The molecule has 2 rings (SSSR count). The molecule has 1 fully saturated rings. The van der Waals surface area contributed by atoms with Gasteiger partial charge in [0.1, 0.15) is 0 Å². The highest BCUT2D eigenvalue weighted by molar-refractivity contribution is 5.42. The second-order valence-electron chi connectivity index (χ2n) is 5.16. The molecule has 0 spiro atoms. The summed E-state index contributed by atoms with van der Waals surface area (Å²) in [4.78, 5) is 19.0. The molecule has 0 atom stereocenters. The lowest BCUT2D eigenvalue weighted by Crippen LogP contribution is -2.32. The zero-order valence-electron chi connectivity index (χ0n) is 12.0. The number of nitrogen functional groups attached to an aromatic ring is 1.